The number of benzene rings is 1. The quantitative estimate of drug-likeness (QED) is 0.436. The van der Waals surface area contributed by atoms with Gasteiger partial charge in [-0.1, -0.05) is 31.9 Å². The Morgan fingerprint density at radius 2 is 1.78 bits per heavy atom. The maximum Gasteiger partial charge on any atom is 0.191 e. The van der Waals surface area contributed by atoms with Crippen molar-refractivity contribution in [1.82, 2.24) is 4.90 Å². The number of likely N-dealkylation sites (tertiary alicyclic amines) is 1. The lowest BCUT2D eigenvalue weighted by Crippen LogP contribution is -2.38. The van der Waals surface area contributed by atoms with Crippen LogP contribution in [-0.2, 0) is 0 Å². The van der Waals surface area contributed by atoms with E-state index < -0.39 is 0 Å². The number of nitrogens with two attached hydrogens (primary N) is 1. The smallest absolute Gasteiger partial charge is 0.191 e. The van der Waals surface area contributed by atoms with E-state index in [9.17, 15) is 0 Å². The summed E-state index contributed by atoms with van der Waals surface area (Å²) < 4.78 is 5.19. The number of halogens is 1. The second-order valence-electron chi connectivity index (χ2n) is 6.10. The van der Waals surface area contributed by atoms with Crippen molar-refractivity contribution in [2.45, 2.75) is 44.9 Å². The summed E-state index contributed by atoms with van der Waals surface area (Å²) >= 11 is 0. The SMILES string of the molecule is COc1ccc(C(C)CCN=C(N)N2CCCCCC2)cc1.I. The molecular weight excluding hydrogens is 401 g/mol. The summed E-state index contributed by atoms with van der Waals surface area (Å²) in [6.07, 6.45) is 6.12. The van der Waals surface area contributed by atoms with E-state index in [0.717, 1.165) is 37.8 Å². The summed E-state index contributed by atoms with van der Waals surface area (Å²) in [5.74, 6) is 2.11. The molecule has 1 aliphatic heterocycles. The lowest BCUT2D eigenvalue weighted by atomic mass is 9.98. The van der Waals surface area contributed by atoms with Crippen molar-refractivity contribution in [2.24, 2.45) is 10.7 Å². The van der Waals surface area contributed by atoms with E-state index in [1.807, 2.05) is 12.1 Å². The first-order chi connectivity index (χ1) is 10.7. The molecule has 4 nitrogen and oxygen atoms in total. The summed E-state index contributed by atoms with van der Waals surface area (Å²) in [6, 6.07) is 8.29. The summed E-state index contributed by atoms with van der Waals surface area (Å²) in [4.78, 5) is 6.83. The topological polar surface area (TPSA) is 50.9 Å². The highest BCUT2D eigenvalue weighted by molar-refractivity contribution is 14.0. The van der Waals surface area contributed by atoms with E-state index >= 15 is 0 Å². The van der Waals surface area contributed by atoms with Crippen LogP contribution < -0.4 is 10.5 Å². The molecule has 23 heavy (non-hydrogen) atoms. The number of aliphatic imine (C=N–C) groups is 1. The highest BCUT2D eigenvalue weighted by Gasteiger charge is 2.11. The molecule has 130 valence electrons. The van der Waals surface area contributed by atoms with Crippen LogP contribution in [0, 0.1) is 0 Å². The van der Waals surface area contributed by atoms with Crippen molar-refractivity contribution < 1.29 is 4.74 Å². The predicted molar refractivity (Wildman–Crippen MR) is 108 cm³/mol. The zero-order chi connectivity index (χ0) is 15.8. The number of methoxy groups -OCH3 is 1. The van der Waals surface area contributed by atoms with Gasteiger partial charge in [-0.25, -0.2) is 0 Å². The van der Waals surface area contributed by atoms with Crippen LogP contribution >= 0.6 is 24.0 Å². The lowest BCUT2D eigenvalue weighted by Gasteiger charge is -2.21. The molecule has 0 saturated carbocycles. The van der Waals surface area contributed by atoms with E-state index in [1.54, 1.807) is 7.11 Å². The number of guanidine groups is 1. The molecule has 1 heterocycles. The molecule has 1 fully saturated rings. The van der Waals surface area contributed by atoms with Gasteiger partial charge in [0.25, 0.3) is 0 Å². The molecule has 0 amide bonds. The van der Waals surface area contributed by atoms with Gasteiger partial charge in [-0.3, -0.25) is 4.99 Å². The average Bonchev–Trinajstić information content (AvgIpc) is 2.84. The van der Waals surface area contributed by atoms with Gasteiger partial charge in [-0.05, 0) is 42.9 Å². The number of nitrogens with zero attached hydrogens (tertiary/aromatic N) is 2. The third kappa shape index (κ3) is 6.57. The summed E-state index contributed by atoms with van der Waals surface area (Å²) in [6.45, 7) is 5.14. The first kappa shape index (κ1) is 20.1. The minimum atomic E-state index is 0. The Kier molecular flexibility index (Phi) is 9.36. The number of ether oxygens (including phenoxy) is 1. The highest BCUT2D eigenvalue weighted by Crippen LogP contribution is 2.21. The van der Waals surface area contributed by atoms with Crippen LogP contribution in [-0.4, -0.2) is 37.6 Å². The fourth-order valence-corrected chi connectivity index (χ4v) is 2.87. The molecule has 0 aromatic heterocycles. The van der Waals surface area contributed by atoms with E-state index in [2.05, 4.69) is 28.9 Å². The van der Waals surface area contributed by atoms with Crippen LogP contribution in [0.5, 0.6) is 5.75 Å². The first-order valence-corrected chi connectivity index (χ1v) is 8.39. The van der Waals surface area contributed by atoms with Crippen LogP contribution in [0.1, 0.15) is 50.5 Å². The van der Waals surface area contributed by atoms with Gasteiger partial charge in [-0.15, -0.1) is 24.0 Å². The van der Waals surface area contributed by atoms with Crippen LogP contribution in [0.4, 0.5) is 0 Å². The Morgan fingerprint density at radius 3 is 2.35 bits per heavy atom. The van der Waals surface area contributed by atoms with Crippen LogP contribution in [0.2, 0.25) is 0 Å². The molecule has 2 rings (SSSR count). The third-order valence-corrected chi connectivity index (χ3v) is 4.45. The van der Waals surface area contributed by atoms with E-state index in [-0.39, 0.29) is 24.0 Å². The first-order valence-electron chi connectivity index (χ1n) is 8.39. The second-order valence-corrected chi connectivity index (χ2v) is 6.10. The van der Waals surface area contributed by atoms with Crippen molar-refractivity contribution >= 4 is 29.9 Å². The molecule has 5 heteroatoms. The van der Waals surface area contributed by atoms with Gasteiger partial charge in [0.05, 0.1) is 7.11 Å². The van der Waals surface area contributed by atoms with E-state index in [1.165, 1.54) is 31.2 Å². The maximum atomic E-state index is 6.14. The normalized spacial score (nSPS) is 17.1. The zero-order valence-corrected chi connectivity index (χ0v) is 16.7. The van der Waals surface area contributed by atoms with Crippen molar-refractivity contribution in [3.8, 4) is 5.75 Å². The largest absolute Gasteiger partial charge is 0.497 e. The predicted octanol–water partition coefficient (Wildman–Crippen LogP) is 4.00. The Balaban J connectivity index is 0.00000264. The molecule has 0 spiro atoms. The molecular formula is C18H30IN3O. The van der Waals surface area contributed by atoms with E-state index in [4.69, 9.17) is 10.5 Å². The van der Waals surface area contributed by atoms with Gasteiger partial charge in [0.2, 0.25) is 0 Å². The van der Waals surface area contributed by atoms with Gasteiger partial charge >= 0.3 is 0 Å². The molecule has 1 saturated heterocycles. The standard InChI is InChI=1S/C18H29N3O.HI/c1-15(16-7-9-17(22-2)10-8-16)11-12-20-18(19)21-13-5-3-4-6-14-21;/h7-10,15H,3-6,11-14H2,1-2H3,(H2,19,20);1H. The number of rotatable bonds is 5. The molecule has 0 bridgehead atoms. The van der Waals surface area contributed by atoms with Gasteiger partial charge in [0, 0.05) is 19.6 Å². The molecule has 1 aliphatic rings. The molecule has 2 N–H and O–H groups in total. The highest BCUT2D eigenvalue weighted by atomic mass is 127. The third-order valence-electron chi connectivity index (χ3n) is 4.45. The van der Waals surface area contributed by atoms with Gasteiger partial charge in [-0.2, -0.15) is 0 Å². The number of hydrogen-bond donors (Lipinski definition) is 1. The minimum Gasteiger partial charge on any atom is -0.497 e. The summed E-state index contributed by atoms with van der Waals surface area (Å²) in [5.41, 5.74) is 7.46. The Labute approximate surface area is 157 Å². The van der Waals surface area contributed by atoms with Crippen LogP contribution in [0.15, 0.2) is 29.3 Å². The average molecular weight is 431 g/mol. The Bertz CT molecular complexity index is 468. The van der Waals surface area contributed by atoms with Gasteiger partial charge in [0.15, 0.2) is 5.96 Å². The van der Waals surface area contributed by atoms with Gasteiger partial charge in [0.1, 0.15) is 5.75 Å². The Hall–Kier alpha value is -0.980. The lowest BCUT2D eigenvalue weighted by molar-refractivity contribution is 0.414. The van der Waals surface area contributed by atoms with Crippen molar-refractivity contribution in [3.63, 3.8) is 0 Å². The molecule has 0 radical (unpaired) electrons. The zero-order valence-electron chi connectivity index (χ0n) is 14.3. The van der Waals surface area contributed by atoms with Crippen molar-refractivity contribution in [2.75, 3.05) is 26.7 Å². The Morgan fingerprint density at radius 1 is 1.17 bits per heavy atom. The second kappa shape index (κ2) is 10.7. The minimum absolute atomic E-state index is 0. The molecule has 1 unspecified atom stereocenters. The van der Waals surface area contributed by atoms with E-state index in [0.29, 0.717) is 5.92 Å². The molecule has 1 atom stereocenters. The maximum absolute atomic E-state index is 6.14. The van der Waals surface area contributed by atoms with Crippen LogP contribution in [0.25, 0.3) is 0 Å². The summed E-state index contributed by atoms with van der Waals surface area (Å²) in [5, 5.41) is 0. The monoisotopic (exact) mass is 431 g/mol. The molecule has 0 aliphatic carbocycles. The van der Waals surface area contributed by atoms with Gasteiger partial charge < -0.3 is 15.4 Å². The molecule has 1 aromatic rings. The fraction of sp³-hybridized carbons (Fsp3) is 0.611. The summed E-state index contributed by atoms with van der Waals surface area (Å²) in [7, 11) is 1.69. The fourth-order valence-electron chi connectivity index (χ4n) is 2.87. The van der Waals surface area contributed by atoms with Crippen molar-refractivity contribution in [1.29, 1.82) is 0 Å². The van der Waals surface area contributed by atoms with Crippen LogP contribution in [0.3, 0.4) is 0 Å². The number of hydrogen-bond acceptors (Lipinski definition) is 2. The molecule has 1 aromatic carbocycles. The van der Waals surface area contributed by atoms with Crippen molar-refractivity contribution in [3.05, 3.63) is 29.8 Å².